The molecule has 0 saturated carbocycles. The van der Waals surface area contributed by atoms with Gasteiger partial charge in [-0.3, -0.25) is 9.59 Å². The molecule has 1 N–H and O–H groups in total. The average molecular weight is 565 g/mol. The standard InChI is InChI=1S/C36H68O4/c1-2-3-4-5-6-7-8-9-10-11-12-13-14-15-16-17-18-21-24-27-30-33-36(39)40-34-31-28-25-22-19-20-23-26-29-32-35(37)38/h9-10H,2-8,11-34H2,1H3,(H,37,38). The van der Waals surface area contributed by atoms with Crippen molar-refractivity contribution in [2.24, 2.45) is 0 Å². The van der Waals surface area contributed by atoms with Gasteiger partial charge >= 0.3 is 11.9 Å². The lowest BCUT2D eigenvalue weighted by Gasteiger charge is -2.06. The number of carbonyl (C=O) groups excluding carboxylic acids is 1. The molecule has 0 atom stereocenters. The zero-order valence-electron chi connectivity index (χ0n) is 26.7. The Hall–Kier alpha value is -1.32. The second-order valence-corrected chi connectivity index (χ2v) is 12.0. The van der Waals surface area contributed by atoms with E-state index in [4.69, 9.17) is 9.84 Å². The number of ether oxygens (including phenoxy) is 1. The van der Waals surface area contributed by atoms with Crippen LogP contribution in [0.25, 0.3) is 0 Å². The quantitative estimate of drug-likeness (QED) is 0.0489. The maximum absolute atomic E-state index is 11.9. The number of rotatable bonds is 33. The van der Waals surface area contributed by atoms with E-state index in [0.717, 1.165) is 44.9 Å². The van der Waals surface area contributed by atoms with Crippen molar-refractivity contribution in [3.63, 3.8) is 0 Å². The van der Waals surface area contributed by atoms with Crippen LogP contribution in [-0.4, -0.2) is 23.7 Å². The molecule has 236 valence electrons. The minimum Gasteiger partial charge on any atom is -0.481 e. The lowest BCUT2D eigenvalue weighted by molar-refractivity contribution is -0.144. The summed E-state index contributed by atoms with van der Waals surface area (Å²) >= 11 is 0. The highest BCUT2D eigenvalue weighted by molar-refractivity contribution is 5.69. The maximum Gasteiger partial charge on any atom is 0.305 e. The van der Waals surface area contributed by atoms with Gasteiger partial charge in [0.15, 0.2) is 0 Å². The van der Waals surface area contributed by atoms with Crippen LogP contribution < -0.4 is 0 Å². The van der Waals surface area contributed by atoms with Gasteiger partial charge in [-0.2, -0.15) is 0 Å². The van der Waals surface area contributed by atoms with Gasteiger partial charge in [-0.25, -0.2) is 0 Å². The summed E-state index contributed by atoms with van der Waals surface area (Å²) in [5, 5.41) is 8.62. The summed E-state index contributed by atoms with van der Waals surface area (Å²) in [5.74, 6) is -0.704. The van der Waals surface area contributed by atoms with E-state index in [1.165, 1.54) is 135 Å². The number of allylic oxidation sites excluding steroid dienone is 2. The number of carboxylic acid groups (broad SMARTS) is 1. The molecular formula is C36H68O4. The molecule has 0 unspecified atom stereocenters. The first-order chi connectivity index (χ1) is 19.7. The van der Waals surface area contributed by atoms with Gasteiger partial charge in [-0.1, -0.05) is 154 Å². The van der Waals surface area contributed by atoms with Crippen LogP contribution in [0.4, 0.5) is 0 Å². The van der Waals surface area contributed by atoms with Gasteiger partial charge in [0.1, 0.15) is 0 Å². The molecule has 0 spiro atoms. The lowest BCUT2D eigenvalue weighted by atomic mass is 10.0. The first kappa shape index (κ1) is 38.7. The molecule has 0 aromatic heterocycles. The van der Waals surface area contributed by atoms with Crippen LogP contribution in [0.5, 0.6) is 0 Å². The average Bonchev–Trinajstić information content (AvgIpc) is 2.94. The topological polar surface area (TPSA) is 63.6 Å². The molecule has 0 heterocycles. The summed E-state index contributed by atoms with van der Waals surface area (Å²) in [7, 11) is 0. The molecule has 40 heavy (non-hydrogen) atoms. The van der Waals surface area contributed by atoms with E-state index >= 15 is 0 Å². The van der Waals surface area contributed by atoms with E-state index in [2.05, 4.69) is 19.1 Å². The van der Waals surface area contributed by atoms with Gasteiger partial charge in [-0.05, 0) is 44.9 Å². The summed E-state index contributed by atoms with van der Waals surface area (Å²) < 4.78 is 5.39. The molecule has 0 amide bonds. The molecule has 0 fully saturated rings. The Labute approximate surface area is 249 Å². The van der Waals surface area contributed by atoms with E-state index in [9.17, 15) is 9.59 Å². The third-order valence-corrected chi connectivity index (χ3v) is 7.94. The highest BCUT2D eigenvalue weighted by atomic mass is 16.5. The van der Waals surface area contributed by atoms with Crippen LogP contribution in [0.3, 0.4) is 0 Å². The van der Waals surface area contributed by atoms with Crippen molar-refractivity contribution >= 4 is 11.9 Å². The van der Waals surface area contributed by atoms with Crippen molar-refractivity contribution in [3.05, 3.63) is 12.2 Å². The van der Waals surface area contributed by atoms with E-state index < -0.39 is 5.97 Å². The summed E-state index contributed by atoms with van der Waals surface area (Å²) in [4.78, 5) is 22.3. The number of esters is 1. The Kier molecular flexibility index (Phi) is 32.8. The molecule has 4 nitrogen and oxygen atoms in total. The third-order valence-electron chi connectivity index (χ3n) is 7.94. The fourth-order valence-corrected chi connectivity index (χ4v) is 5.27. The predicted octanol–water partition coefficient (Wildman–Crippen LogP) is 11.9. The Balaban J connectivity index is 3.18. The van der Waals surface area contributed by atoms with Crippen LogP contribution in [0.1, 0.15) is 200 Å². The molecule has 0 aliphatic heterocycles. The summed E-state index contributed by atoms with van der Waals surface area (Å²) in [6, 6.07) is 0. The van der Waals surface area contributed by atoms with Gasteiger partial charge in [-0.15, -0.1) is 0 Å². The fraction of sp³-hybridized carbons (Fsp3) is 0.889. The summed E-state index contributed by atoms with van der Waals surface area (Å²) in [6.45, 7) is 2.85. The van der Waals surface area contributed by atoms with Gasteiger partial charge in [0, 0.05) is 12.8 Å². The highest BCUT2D eigenvalue weighted by Crippen LogP contribution is 2.14. The summed E-state index contributed by atoms with van der Waals surface area (Å²) in [5.41, 5.74) is 0. The SMILES string of the molecule is CCCCCCCCC=CCCCCCCCCCCCCCC(=O)OCCCCCCCCCCCC(=O)O. The number of carbonyl (C=O) groups is 2. The normalized spacial score (nSPS) is 11.4. The van der Waals surface area contributed by atoms with Gasteiger partial charge in [0.25, 0.3) is 0 Å². The first-order valence-electron chi connectivity index (χ1n) is 17.7. The molecule has 4 heteroatoms. The summed E-state index contributed by atoms with van der Waals surface area (Å²) in [6.07, 6.45) is 40.8. The van der Waals surface area contributed by atoms with Crippen molar-refractivity contribution in [3.8, 4) is 0 Å². The van der Waals surface area contributed by atoms with Crippen molar-refractivity contribution in [2.45, 2.75) is 200 Å². The zero-order chi connectivity index (χ0) is 29.2. The minimum absolute atomic E-state index is 0.0188. The Bertz CT molecular complexity index is 557. The second-order valence-electron chi connectivity index (χ2n) is 12.0. The Morgan fingerprint density at radius 2 is 0.825 bits per heavy atom. The minimum atomic E-state index is -0.685. The largest absolute Gasteiger partial charge is 0.481 e. The molecule has 0 aliphatic carbocycles. The fourth-order valence-electron chi connectivity index (χ4n) is 5.27. The Morgan fingerprint density at radius 1 is 0.475 bits per heavy atom. The van der Waals surface area contributed by atoms with Crippen LogP contribution >= 0.6 is 0 Å². The molecule has 0 aromatic rings. The van der Waals surface area contributed by atoms with Crippen LogP contribution in [0.15, 0.2) is 12.2 Å². The monoisotopic (exact) mass is 565 g/mol. The third kappa shape index (κ3) is 34.7. The lowest BCUT2D eigenvalue weighted by Crippen LogP contribution is -2.05. The number of hydrogen-bond donors (Lipinski definition) is 1. The molecule has 0 aliphatic rings. The number of aliphatic carboxylic acids is 1. The number of hydrogen-bond acceptors (Lipinski definition) is 3. The van der Waals surface area contributed by atoms with Crippen LogP contribution in [0, 0.1) is 0 Å². The van der Waals surface area contributed by atoms with E-state index in [0.29, 0.717) is 19.4 Å². The number of carboxylic acids is 1. The van der Waals surface area contributed by atoms with Crippen molar-refractivity contribution < 1.29 is 19.4 Å². The molecule has 0 saturated heterocycles. The van der Waals surface area contributed by atoms with Gasteiger partial charge in [0.2, 0.25) is 0 Å². The predicted molar refractivity (Wildman–Crippen MR) is 172 cm³/mol. The Morgan fingerprint density at radius 3 is 1.25 bits per heavy atom. The molecule has 0 aromatic carbocycles. The van der Waals surface area contributed by atoms with Crippen molar-refractivity contribution in [1.29, 1.82) is 0 Å². The van der Waals surface area contributed by atoms with Crippen molar-refractivity contribution in [2.75, 3.05) is 6.61 Å². The maximum atomic E-state index is 11.9. The highest BCUT2D eigenvalue weighted by Gasteiger charge is 2.03. The van der Waals surface area contributed by atoms with Crippen LogP contribution in [0.2, 0.25) is 0 Å². The van der Waals surface area contributed by atoms with E-state index in [1.54, 1.807) is 0 Å². The first-order valence-corrected chi connectivity index (χ1v) is 17.7. The van der Waals surface area contributed by atoms with E-state index in [1.807, 2.05) is 0 Å². The second kappa shape index (κ2) is 33.9. The van der Waals surface area contributed by atoms with E-state index in [-0.39, 0.29) is 5.97 Å². The van der Waals surface area contributed by atoms with Gasteiger partial charge in [0.05, 0.1) is 6.61 Å². The van der Waals surface area contributed by atoms with Crippen LogP contribution in [-0.2, 0) is 14.3 Å². The number of unbranched alkanes of at least 4 members (excludes halogenated alkanes) is 25. The molecule has 0 bridgehead atoms. The molecular weight excluding hydrogens is 496 g/mol. The van der Waals surface area contributed by atoms with Crippen molar-refractivity contribution in [1.82, 2.24) is 0 Å². The molecule has 0 rings (SSSR count). The zero-order valence-corrected chi connectivity index (χ0v) is 26.7. The molecule has 0 radical (unpaired) electrons. The van der Waals surface area contributed by atoms with Gasteiger partial charge < -0.3 is 9.84 Å². The smallest absolute Gasteiger partial charge is 0.305 e.